The van der Waals surface area contributed by atoms with E-state index in [1.54, 1.807) is 0 Å². The van der Waals surface area contributed by atoms with Gasteiger partial charge < -0.3 is 10.6 Å². The molecule has 0 spiro atoms. The highest BCUT2D eigenvalue weighted by Gasteiger charge is 2.34. The summed E-state index contributed by atoms with van der Waals surface area (Å²) in [6.07, 6.45) is 3.03. The van der Waals surface area contributed by atoms with Crippen LogP contribution in [0.5, 0.6) is 0 Å². The normalized spacial score (nSPS) is 22.9. The largest absolute Gasteiger partial charge is 0.345 e. The minimum absolute atomic E-state index is 0.0665. The van der Waals surface area contributed by atoms with E-state index in [9.17, 15) is 9.59 Å². The van der Waals surface area contributed by atoms with Crippen molar-refractivity contribution in [2.75, 3.05) is 5.32 Å². The molecule has 2 atom stereocenters. The molecule has 1 aliphatic rings. The maximum absolute atomic E-state index is 12.3. The van der Waals surface area contributed by atoms with E-state index in [-0.39, 0.29) is 6.04 Å². The van der Waals surface area contributed by atoms with Crippen molar-refractivity contribution in [1.29, 1.82) is 0 Å². The minimum atomic E-state index is -0.617. The van der Waals surface area contributed by atoms with Crippen molar-refractivity contribution in [1.82, 2.24) is 15.1 Å². The minimum Gasteiger partial charge on any atom is -0.345 e. The number of aryl methyl sites for hydroxylation is 2. The number of rotatable bonds is 3. The van der Waals surface area contributed by atoms with Crippen LogP contribution in [0.1, 0.15) is 58.3 Å². The predicted octanol–water partition coefficient (Wildman–Crippen LogP) is 2.79. The summed E-state index contributed by atoms with van der Waals surface area (Å²) in [7, 11) is 0. The number of hydrogen-bond donors (Lipinski definition) is 2. The molecule has 24 heavy (non-hydrogen) atoms. The molecule has 2 amide bonds. The Hall–Kier alpha value is -1.85. The second-order valence-corrected chi connectivity index (χ2v) is 7.78. The fraction of sp³-hybridized carbons (Fsp3) is 0.722. The summed E-state index contributed by atoms with van der Waals surface area (Å²) in [4.78, 5) is 24.5. The lowest BCUT2D eigenvalue weighted by Gasteiger charge is -2.39. The zero-order valence-corrected chi connectivity index (χ0v) is 15.7. The number of hydrogen-bond acceptors (Lipinski definition) is 3. The van der Waals surface area contributed by atoms with E-state index < -0.39 is 11.8 Å². The fourth-order valence-corrected chi connectivity index (χ4v) is 3.75. The summed E-state index contributed by atoms with van der Waals surface area (Å²) in [5, 5.41) is 9.98. The molecule has 1 saturated carbocycles. The number of aromatic nitrogens is 2. The Bertz CT molecular complexity index is 633. The molecule has 1 aliphatic carbocycles. The molecule has 1 heterocycles. The third-order valence-electron chi connectivity index (χ3n) is 5.14. The number of amides is 2. The average Bonchev–Trinajstić information content (AvgIpc) is 2.76. The Balaban J connectivity index is 1.98. The average molecular weight is 334 g/mol. The Morgan fingerprint density at radius 1 is 1.29 bits per heavy atom. The van der Waals surface area contributed by atoms with Crippen LogP contribution in [-0.2, 0) is 16.1 Å². The van der Waals surface area contributed by atoms with Crippen LogP contribution in [0.15, 0.2) is 0 Å². The SMILES string of the molecule is CCn1nc(C)c(NC(=O)C(=O)N[C@H]2CCC(C)(C)C[C@@H]2C)c1C. The van der Waals surface area contributed by atoms with Gasteiger partial charge in [0.1, 0.15) is 0 Å². The van der Waals surface area contributed by atoms with Gasteiger partial charge in [-0.2, -0.15) is 5.10 Å². The zero-order valence-electron chi connectivity index (χ0n) is 15.7. The van der Waals surface area contributed by atoms with E-state index in [0.717, 1.165) is 37.2 Å². The van der Waals surface area contributed by atoms with Crippen LogP contribution >= 0.6 is 0 Å². The van der Waals surface area contributed by atoms with Crippen LogP contribution in [0, 0.1) is 25.2 Å². The lowest BCUT2D eigenvalue weighted by molar-refractivity contribution is -0.137. The molecule has 0 aliphatic heterocycles. The predicted molar refractivity (Wildman–Crippen MR) is 94.7 cm³/mol. The molecule has 0 radical (unpaired) electrons. The van der Waals surface area contributed by atoms with Crippen LogP contribution in [0.25, 0.3) is 0 Å². The number of nitrogens with zero attached hydrogens (tertiary/aromatic N) is 2. The molecular formula is C18H30N4O2. The molecule has 2 rings (SSSR count). The summed E-state index contributed by atoms with van der Waals surface area (Å²) in [5.74, 6) is -0.805. The van der Waals surface area contributed by atoms with Crippen molar-refractivity contribution in [3.05, 3.63) is 11.4 Å². The first-order chi connectivity index (χ1) is 11.1. The molecule has 1 aromatic rings. The smallest absolute Gasteiger partial charge is 0.313 e. The van der Waals surface area contributed by atoms with E-state index in [1.165, 1.54) is 0 Å². The van der Waals surface area contributed by atoms with Gasteiger partial charge in [0.2, 0.25) is 0 Å². The molecular weight excluding hydrogens is 304 g/mol. The van der Waals surface area contributed by atoms with Crippen LogP contribution in [0.2, 0.25) is 0 Å². The van der Waals surface area contributed by atoms with Gasteiger partial charge in [0.25, 0.3) is 0 Å². The Morgan fingerprint density at radius 3 is 2.50 bits per heavy atom. The first kappa shape index (κ1) is 18.5. The second kappa shape index (κ2) is 6.95. The van der Waals surface area contributed by atoms with Crippen LogP contribution in [-0.4, -0.2) is 27.6 Å². The molecule has 1 fully saturated rings. The fourth-order valence-electron chi connectivity index (χ4n) is 3.75. The molecule has 0 saturated heterocycles. The standard InChI is InChI=1S/C18H30N4O2/c1-7-22-13(4)15(12(3)21-22)20-17(24)16(23)19-14-8-9-18(5,6)10-11(14)2/h11,14H,7-10H2,1-6H3,(H,19,23)(H,20,24)/t11-,14-/m0/s1. The van der Waals surface area contributed by atoms with Gasteiger partial charge >= 0.3 is 11.8 Å². The zero-order chi connectivity index (χ0) is 18.1. The van der Waals surface area contributed by atoms with Crippen molar-refractivity contribution in [2.45, 2.75) is 73.4 Å². The van der Waals surface area contributed by atoms with E-state index in [2.05, 4.69) is 36.5 Å². The molecule has 134 valence electrons. The lowest BCUT2D eigenvalue weighted by atomic mass is 9.70. The Kier molecular flexibility index (Phi) is 5.35. The number of carbonyl (C=O) groups excluding carboxylic acids is 2. The van der Waals surface area contributed by atoms with Gasteiger partial charge in [-0.05, 0) is 51.4 Å². The summed E-state index contributed by atoms with van der Waals surface area (Å²) in [6.45, 7) is 13.1. The van der Waals surface area contributed by atoms with Crippen LogP contribution < -0.4 is 10.6 Å². The number of anilines is 1. The van der Waals surface area contributed by atoms with Crippen LogP contribution in [0.4, 0.5) is 5.69 Å². The molecule has 0 bridgehead atoms. The van der Waals surface area contributed by atoms with E-state index in [1.807, 2.05) is 25.5 Å². The number of nitrogens with one attached hydrogen (secondary N) is 2. The molecule has 6 heteroatoms. The maximum Gasteiger partial charge on any atom is 0.313 e. The van der Waals surface area contributed by atoms with E-state index >= 15 is 0 Å². The Labute approximate surface area is 144 Å². The van der Waals surface area contributed by atoms with Gasteiger partial charge in [0.05, 0.1) is 17.1 Å². The van der Waals surface area contributed by atoms with Crippen molar-refractivity contribution in [2.24, 2.45) is 11.3 Å². The van der Waals surface area contributed by atoms with Crippen molar-refractivity contribution < 1.29 is 9.59 Å². The van der Waals surface area contributed by atoms with E-state index in [4.69, 9.17) is 0 Å². The van der Waals surface area contributed by atoms with Crippen LogP contribution in [0.3, 0.4) is 0 Å². The third-order valence-corrected chi connectivity index (χ3v) is 5.14. The highest BCUT2D eigenvalue weighted by molar-refractivity contribution is 6.39. The van der Waals surface area contributed by atoms with Gasteiger partial charge in [0.15, 0.2) is 0 Å². The van der Waals surface area contributed by atoms with E-state index in [0.29, 0.717) is 17.0 Å². The molecule has 0 unspecified atom stereocenters. The molecule has 6 nitrogen and oxygen atoms in total. The summed E-state index contributed by atoms with van der Waals surface area (Å²) < 4.78 is 1.81. The summed E-state index contributed by atoms with van der Waals surface area (Å²) >= 11 is 0. The molecule has 1 aromatic heterocycles. The summed E-state index contributed by atoms with van der Waals surface area (Å²) in [5.41, 5.74) is 2.54. The van der Waals surface area contributed by atoms with Crippen molar-refractivity contribution in [3.8, 4) is 0 Å². The van der Waals surface area contributed by atoms with Gasteiger partial charge in [0, 0.05) is 12.6 Å². The lowest BCUT2D eigenvalue weighted by Crippen LogP contribution is -2.48. The quantitative estimate of drug-likeness (QED) is 0.835. The highest BCUT2D eigenvalue weighted by Crippen LogP contribution is 2.38. The summed E-state index contributed by atoms with van der Waals surface area (Å²) in [6, 6.07) is 0.0665. The maximum atomic E-state index is 12.3. The second-order valence-electron chi connectivity index (χ2n) is 7.78. The Morgan fingerprint density at radius 2 is 1.96 bits per heavy atom. The van der Waals surface area contributed by atoms with Crippen molar-refractivity contribution in [3.63, 3.8) is 0 Å². The topological polar surface area (TPSA) is 76.0 Å². The van der Waals surface area contributed by atoms with Gasteiger partial charge in [-0.25, -0.2) is 0 Å². The van der Waals surface area contributed by atoms with Crippen molar-refractivity contribution >= 4 is 17.5 Å². The molecule has 0 aromatic carbocycles. The van der Waals surface area contributed by atoms with Gasteiger partial charge in [-0.15, -0.1) is 0 Å². The first-order valence-corrected chi connectivity index (χ1v) is 8.80. The molecule has 2 N–H and O–H groups in total. The first-order valence-electron chi connectivity index (χ1n) is 8.80. The third kappa shape index (κ3) is 3.97. The number of carbonyl (C=O) groups is 2. The van der Waals surface area contributed by atoms with Gasteiger partial charge in [-0.1, -0.05) is 20.8 Å². The highest BCUT2D eigenvalue weighted by atomic mass is 16.2. The monoisotopic (exact) mass is 334 g/mol. The van der Waals surface area contributed by atoms with Gasteiger partial charge in [-0.3, -0.25) is 14.3 Å².